The van der Waals surface area contributed by atoms with Crippen molar-refractivity contribution >= 4 is 42.1 Å². The van der Waals surface area contributed by atoms with Crippen LogP contribution in [0.1, 0.15) is 5.56 Å². The Hall–Kier alpha value is -3.03. The summed E-state index contributed by atoms with van der Waals surface area (Å²) in [6.45, 7) is 0.605. The van der Waals surface area contributed by atoms with Crippen LogP contribution >= 0.6 is 11.6 Å². The van der Waals surface area contributed by atoms with E-state index in [2.05, 4.69) is 20.9 Å². The maximum absolute atomic E-state index is 6.36. The largest absolute Gasteiger partial charge is 0.366 e. The molecule has 6 nitrogen and oxygen atoms in total. The molecule has 28 heavy (non-hydrogen) atoms. The highest BCUT2D eigenvalue weighted by molar-refractivity contribution is 6.36. The minimum Gasteiger partial charge on any atom is -0.366 e. The van der Waals surface area contributed by atoms with Crippen molar-refractivity contribution in [1.29, 1.82) is 0 Å². The molecule has 0 saturated carbocycles. The molecule has 0 amide bonds. The standard InChI is InChI=1S/C20H17BClN5O/c1-28-26-14-8-6-13(7-9-14)11-23-19-10-18(15-4-2-3-5-17(15)22)25-20-16(21)12-24-27(19)20/h2-10,12,23,26H,11H2,1H3. The second-order valence-electron chi connectivity index (χ2n) is 6.20. The van der Waals surface area contributed by atoms with E-state index in [1.807, 2.05) is 54.6 Å². The SMILES string of the molecule is [B]c1cnn2c(NCc3ccc(NOC)cc3)cc(-c3ccccc3Cl)nc12. The topological polar surface area (TPSA) is 63.5 Å². The van der Waals surface area contributed by atoms with Crippen molar-refractivity contribution in [3.63, 3.8) is 0 Å². The number of nitrogens with one attached hydrogen (secondary N) is 2. The van der Waals surface area contributed by atoms with Gasteiger partial charge in [-0.25, -0.2) is 4.98 Å². The van der Waals surface area contributed by atoms with E-state index in [4.69, 9.17) is 24.3 Å². The summed E-state index contributed by atoms with van der Waals surface area (Å²) in [5.41, 5.74) is 7.44. The third kappa shape index (κ3) is 3.67. The molecule has 8 heteroatoms. The zero-order chi connectivity index (χ0) is 19.5. The Labute approximate surface area is 168 Å². The molecule has 2 heterocycles. The Morgan fingerprint density at radius 1 is 1.14 bits per heavy atom. The Balaban J connectivity index is 1.67. The summed E-state index contributed by atoms with van der Waals surface area (Å²) >= 11 is 6.36. The molecule has 0 saturated heterocycles. The number of hydrogen-bond acceptors (Lipinski definition) is 5. The average Bonchev–Trinajstić information content (AvgIpc) is 3.09. The number of anilines is 2. The lowest BCUT2D eigenvalue weighted by Crippen LogP contribution is -2.09. The first-order chi connectivity index (χ1) is 13.7. The molecule has 4 aromatic rings. The van der Waals surface area contributed by atoms with Crippen LogP contribution in [0.2, 0.25) is 5.02 Å². The molecular formula is C20H17BClN5O. The van der Waals surface area contributed by atoms with Crippen LogP contribution in [-0.2, 0) is 11.4 Å². The lowest BCUT2D eigenvalue weighted by atomic mass is 10.0. The zero-order valence-corrected chi connectivity index (χ0v) is 15.9. The Bertz CT molecular complexity index is 1110. The third-order valence-corrected chi connectivity index (χ3v) is 4.63. The monoisotopic (exact) mass is 389 g/mol. The van der Waals surface area contributed by atoms with Gasteiger partial charge in [-0.05, 0) is 29.2 Å². The van der Waals surface area contributed by atoms with Crippen molar-refractivity contribution < 1.29 is 4.84 Å². The van der Waals surface area contributed by atoms with Crippen LogP contribution in [0, 0.1) is 0 Å². The molecule has 0 atom stereocenters. The Morgan fingerprint density at radius 2 is 1.93 bits per heavy atom. The first kappa shape index (κ1) is 18.3. The third-order valence-electron chi connectivity index (χ3n) is 4.30. The molecule has 0 fully saturated rings. The van der Waals surface area contributed by atoms with Gasteiger partial charge in [0.25, 0.3) is 0 Å². The summed E-state index contributed by atoms with van der Waals surface area (Å²) in [6.07, 6.45) is 1.59. The predicted molar refractivity (Wildman–Crippen MR) is 113 cm³/mol. The molecule has 2 aromatic heterocycles. The van der Waals surface area contributed by atoms with Crippen molar-refractivity contribution in [1.82, 2.24) is 14.6 Å². The minimum atomic E-state index is 0.506. The van der Waals surface area contributed by atoms with Gasteiger partial charge in [-0.3, -0.25) is 10.3 Å². The summed E-state index contributed by atoms with van der Waals surface area (Å²) in [4.78, 5) is 9.55. The normalized spacial score (nSPS) is 10.9. The molecule has 2 N–H and O–H groups in total. The number of fused-ring (bicyclic) bond motifs is 1. The first-order valence-corrected chi connectivity index (χ1v) is 9.04. The van der Waals surface area contributed by atoms with E-state index < -0.39 is 0 Å². The van der Waals surface area contributed by atoms with Crippen LogP contribution in [0.3, 0.4) is 0 Å². The van der Waals surface area contributed by atoms with Gasteiger partial charge in [-0.1, -0.05) is 41.9 Å². The van der Waals surface area contributed by atoms with E-state index in [1.165, 1.54) is 0 Å². The number of benzene rings is 2. The Kier molecular flexibility index (Phi) is 5.19. The molecule has 138 valence electrons. The average molecular weight is 390 g/mol. The lowest BCUT2D eigenvalue weighted by molar-refractivity contribution is 0.271. The summed E-state index contributed by atoms with van der Waals surface area (Å²) in [5.74, 6) is 0.774. The molecule has 2 radical (unpaired) electrons. The van der Waals surface area contributed by atoms with Gasteiger partial charge >= 0.3 is 0 Å². The van der Waals surface area contributed by atoms with E-state index >= 15 is 0 Å². The zero-order valence-electron chi connectivity index (χ0n) is 15.2. The van der Waals surface area contributed by atoms with Gasteiger partial charge in [-0.2, -0.15) is 9.61 Å². The van der Waals surface area contributed by atoms with Gasteiger partial charge in [-0.15, -0.1) is 0 Å². The number of rotatable bonds is 6. The molecule has 0 aliphatic carbocycles. The van der Waals surface area contributed by atoms with Gasteiger partial charge in [0, 0.05) is 29.4 Å². The molecule has 4 rings (SSSR count). The fourth-order valence-corrected chi connectivity index (χ4v) is 3.15. The van der Waals surface area contributed by atoms with E-state index in [9.17, 15) is 0 Å². The number of hydrogen-bond donors (Lipinski definition) is 2. The maximum Gasteiger partial charge on any atom is 0.150 e. The highest BCUT2D eigenvalue weighted by Gasteiger charge is 2.12. The van der Waals surface area contributed by atoms with E-state index in [0.29, 0.717) is 22.7 Å². The van der Waals surface area contributed by atoms with Crippen LogP contribution in [0.15, 0.2) is 60.8 Å². The van der Waals surface area contributed by atoms with Crippen molar-refractivity contribution in [2.75, 3.05) is 17.9 Å². The fraction of sp³-hybridized carbons (Fsp3) is 0.100. The van der Waals surface area contributed by atoms with Crippen molar-refractivity contribution in [3.8, 4) is 11.3 Å². The van der Waals surface area contributed by atoms with Crippen LogP contribution in [0.4, 0.5) is 11.5 Å². The highest BCUT2D eigenvalue weighted by atomic mass is 35.5. The summed E-state index contributed by atoms with van der Waals surface area (Å²) in [5, 5.41) is 8.37. The van der Waals surface area contributed by atoms with Gasteiger partial charge in [0.2, 0.25) is 0 Å². The van der Waals surface area contributed by atoms with Crippen LogP contribution in [0.5, 0.6) is 0 Å². The van der Waals surface area contributed by atoms with Crippen LogP contribution in [-0.4, -0.2) is 29.6 Å². The summed E-state index contributed by atoms with van der Waals surface area (Å²) in [7, 11) is 7.64. The second kappa shape index (κ2) is 7.92. The quantitative estimate of drug-likeness (QED) is 0.391. The highest BCUT2D eigenvalue weighted by Crippen LogP contribution is 2.28. The van der Waals surface area contributed by atoms with Gasteiger partial charge in [0.15, 0.2) is 5.65 Å². The van der Waals surface area contributed by atoms with E-state index in [-0.39, 0.29) is 0 Å². The van der Waals surface area contributed by atoms with E-state index in [1.54, 1.807) is 17.8 Å². The van der Waals surface area contributed by atoms with Crippen LogP contribution < -0.4 is 16.3 Å². The van der Waals surface area contributed by atoms with E-state index in [0.717, 1.165) is 28.3 Å². The molecule has 0 aliphatic rings. The van der Waals surface area contributed by atoms with Crippen LogP contribution in [0.25, 0.3) is 16.9 Å². The molecule has 0 aliphatic heterocycles. The Morgan fingerprint density at radius 3 is 2.68 bits per heavy atom. The van der Waals surface area contributed by atoms with Gasteiger partial charge in [0.1, 0.15) is 13.7 Å². The molecule has 2 aromatic carbocycles. The molecule has 0 unspecified atom stereocenters. The fourth-order valence-electron chi connectivity index (χ4n) is 2.91. The number of halogens is 1. The number of nitrogens with zero attached hydrogens (tertiary/aromatic N) is 3. The van der Waals surface area contributed by atoms with Gasteiger partial charge < -0.3 is 5.32 Å². The van der Waals surface area contributed by atoms with Gasteiger partial charge in [0.05, 0.1) is 18.5 Å². The molecule has 0 spiro atoms. The smallest absolute Gasteiger partial charge is 0.150 e. The molecular weight excluding hydrogens is 373 g/mol. The van der Waals surface area contributed by atoms with Crippen molar-refractivity contribution in [2.45, 2.75) is 6.54 Å². The minimum absolute atomic E-state index is 0.506. The summed E-state index contributed by atoms with van der Waals surface area (Å²) in [6, 6.07) is 17.4. The number of aromatic nitrogens is 3. The first-order valence-electron chi connectivity index (χ1n) is 8.66. The second-order valence-corrected chi connectivity index (χ2v) is 6.61. The molecule has 0 bridgehead atoms. The lowest BCUT2D eigenvalue weighted by Gasteiger charge is -2.12. The maximum atomic E-state index is 6.36. The van der Waals surface area contributed by atoms with Crippen molar-refractivity contribution in [3.05, 3.63) is 71.4 Å². The predicted octanol–water partition coefficient (Wildman–Crippen LogP) is 3.43. The summed E-state index contributed by atoms with van der Waals surface area (Å²) < 4.78 is 1.69. The van der Waals surface area contributed by atoms with Crippen molar-refractivity contribution in [2.24, 2.45) is 0 Å².